The first-order valence-corrected chi connectivity index (χ1v) is 9.66. The molecule has 156 valence electrons. The fourth-order valence-electron chi connectivity index (χ4n) is 4.12. The summed E-state index contributed by atoms with van der Waals surface area (Å²) in [6, 6.07) is 16.1. The first-order chi connectivity index (χ1) is 13.2. The average molecular weight is 435 g/mol. The Hall–Kier alpha value is -2.08. The van der Waals surface area contributed by atoms with Crippen LogP contribution in [-0.2, 0) is 0 Å². The van der Waals surface area contributed by atoms with Gasteiger partial charge in [0.25, 0.3) is 5.91 Å². The molecule has 1 unspecified atom stereocenters. The van der Waals surface area contributed by atoms with Crippen molar-refractivity contribution >= 4 is 41.8 Å². The molecule has 7 heteroatoms. The van der Waals surface area contributed by atoms with Crippen LogP contribution in [0.1, 0.15) is 29.0 Å². The molecule has 2 aromatic carbocycles. The van der Waals surface area contributed by atoms with E-state index in [1.165, 1.54) is 6.42 Å². The molecule has 1 atom stereocenters. The summed E-state index contributed by atoms with van der Waals surface area (Å²) in [5.74, 6) is 1.58. The number of likely N-dealkylation sites (tertiary alicyclic amines) is 1. The summed E-state index contributed by atoms with van der Waals surface area (Å²) < 4.78 is 2.13. The number of para-hydroxylation sites is 1. The molecule has 1 aliphatic heterocycles. The third kappa shape index (κ3) is 4.74. The first kappa shape index (κ1) is 23.2. The van der Waals surface area contributed by atoms with Crippen molar-refractivity contribution in [1.29, 1.82) is 0 Å². The van der Waals surface area contributed by atoms with E-state index in [1.54, 1.807) is 0 Å². The van der Waals surface area contributed by atoms with Gasteiger partial charge in [-0.25, -0.2) is 4.98 Å². The lowest BCUT2D eigenvalue weighted by Crippen LogP contribution is -2.42. The van der Waals surface area contributed by atoms with Crippen LogP contribution in [0.25, 0.3) is 16.7 Å². The molecular formula is C22H28Cl2N4O. The van der Waals surface area contributed by atoms with E-state index in [9.17, 15) is 4.79 Å². The van der Waals surface area contributed by atoms with Gasteiger partial charge in [-0.15, -0.1) is 24.8 Å². The highest BCUT2D eigenvalue weighted by atomic mass is 35.5. The molecule has 1 saturated heterocycles. The van der Waals surface area contributed by atoms with E-state index < -0.39 is 0 Å². The predicted molar refractivity (Wildman–Crippen MR) is 123 cm³/mol. The monoisotopic (exact) mass is 434 g/mol. The number of halogens is 2. The maximum atomic E-state index is 13.0. The normalized spacial score (nSPS) is 16.2. The largest absolute Gasteiger partial charge is 0.338 e. The Kier molecular flexibility index (Phi) is 8.08. The van der Waals surface area contributed by atoms with Crippen LogP contribution in [0.5, 0.6) is 0 Å². The summed E-state index contributed by atoms with van der Waals surface area (Å²) >= 11 is 0. The number of amides is 1. The fraction of sp³-hybridized carbons (Fsp3) is 0.364. The van der Waals surface area contributed by atoms with Crippen LogP contribution in [0.2, 0.25) is 0 Å². The second-order valence-corrected chi connectivity index (χ2v) is 7.35. The molecule has 1 fully saturated rings. The van der Waals surface area contributed by atoms with Gasteiger partial charge in [-0.2, -0.15) is 0 Å². The van der Waals surface area contributed by atoms with Gasteiger partial charge in [-0.05, 0) is 69.6 Å². The van der Waals surface area contributed by atoms with Crippen LogP contribution in [0, 0.1) is 12.8 Å². The molecule has 2 heterocycles. The predicted octanol–water partition coefficient (Wildman–Crippen LogP) is 4.25. The number of hydrogen-bond donors (Lipinski definition) is 1. The first-order valence-electron chi connectivity index (χ1n) is 9.66. The van der Waals surface area contributed by atoms with Gasteiger partial charge in [0.2, 0.25) is 0 Å². The number of carbonyl (C=O) groups is 1. The van der Waals surface area contributed by atoms with E-state index >= 15 is 0 Å². The number of nitrogens with one attached hydrogen (secondary N) is 1. The van der Waals surface area contributed by atoms with Gasteiger partial charge in [0.15, 0.2) is 0 Å². The van der Waals surface area contributed by atoms with Crippen LogP contribution in [0.15, 0.2) is 48.5 Å². The number of nitrogens with zero attached hydrogens (tertiary/aromatic N) is 3. The SMILES string of the molecule is CNCC1CCCN(C(=O)c2ccc3c(c2)nc(C)n3-c2ccccc2)C1.Cl.Cl. The Morgan fingerprint density at radius 2 is 1.93 bits per heavy atom. The van der Waals surface area contributed by atoms with Crippen molar-refractivity contribution in [3.05, 3.63) is 59.9 Å². The number of hydrogen-bond acceptors (Lipinski definition) is 3. The zero-order valence-corrected chi connectivity index (χ0v) is 18.4. The molecule has 3 aromatic rings. The van der Waals surface area contributed by atoms with Crippen molar-refractivity contribution in [2.45, 2.75) is 19.8 Å². The molecule has 0 spiro atoms. The lowest BCUT2D eigenvalue weighted by atomic mass is 9.97. The molecule has 4 rings (SSSR count). The zero-order chi connectivity index (χ0) is 18.8. The van der Waals surface area contributed by atoms with Gasteiger partial charge in [-0.1, -0.05) is 18.2 Å². The average Bonchev–Trinajstić information content (AvgIpc) is 3.03. The molecule has 29 heavy (non-hydrogen) atoms. The molecule has 1 aromatic heterocycles. The maximum absolute atomic E-state index is 13.0. The van der Waals surface area contributed by atoms with Crippen molar-refractivity contribution in [2.75, 3.05) is 26.7 Å². The number of piperidine rings is 1. The molecule has 0 aliphatic carbocycles. The quantitative estimate of drug-likeness (QED) is 0.667. The number of aryl methyl sites for hydroxylation is 1. The Morgan fingerprint density at radius 1 is 1.17 bits per heavy atom. The van der Waals surface area contributed by atoms with Gasteiger partial charge >= 0.3 is 0 Å². The highest BCUT2D eigenvalue weighted by Crippen LogP contribution is 2.24. The van der Waals surface area contributed by atoms with Crippen molar-refractivity contribution < 1.29 is 4.79 Å². The lowest BCUT2D eigenvalue weighted by Gasteiger charge is -2.32. The Morgan fingerprint density at radius 3 is 2.66 bits per heavy atom. The minimum atomic E-state index is 0. The van der Waals surface area contributed by atoms with Crippen molar-refractivity contribution in [1.82, 2.24) is 19.8 Å². The molecule has 1 amide bonds. The van der Waals surface area contributed by atoms with Crippen LogP contribution < -0.4 is 5.32 Å². The van der Waals surface area contributed by atoms with Gasteiger partial charge in [0, 0.05) is 24.3 Å². The molecule has 1 aliphatic rings. The van der Waals surface area contributed by atoms with Crippen molar-refractivity contribution in [2.24, 2.45) is 5.92 Å². The van der Waals surface area contributed by atoms with E-state index in [4.69, 9.17) is 4.98 Å². The van der Waals surface area contributed by atoms with Gasteiger partial charge in [0.05, 0.1) is 11.0 Å². The Labute approximate surface area is 184 Å². The maximum Gasteiger partial charge on any atom is 0.253 e. The molecule has 1 N–H and O–H groups in total. The lowest BCUT2D eigenvalue weighted by molar-refractivity contribution is 0.0674. The number of imidazole rings is 1. The second kappa shape index (κ2) is 10.1. The van der Waals surface area contributed by atoms with Crippen molar-refractivity contribution in [3.63, 3.8) is 0 Å². The minimum absolute atomic E-state index is 0. The summed E-state index contributed by atoms with van der Waals surface area (Å²) in [6.45, 7) is 4.63. The summed E-state index contributed by atoms with van der Waals surface area (Å²) in [5, 5.41) is 3.23. The van der Waals surface area contributed by atoms with Crippen LogP contribution >= 0.6 is 24.8 Å². The number of fused-ring (bicyclic) bond motifs is 1. The molecule has 0 radical (unpaired) electrons. The highest BCUT2D eigenvalue weighted by molar-refractivity contribution is 5.97. The van der Waals surface area contributed by atoms with Crippen LogP contribution in [0.3, 0.4) is 0 Å². The number of carbonyl (C=O) groups excluding carboxylic acids is 1. The summed E-state index contributed by atoms with van der Waals surface area (Å²) in [4.78, 5) is 19.7. The van der Waals surface area contributed by atoms with E-state index in [2.05, 4.69) is 22.0 Å². The topological polar surface area (TPSA) is 50.2 Å². The minimum Gasteiger partial charge on any atom is -0.338 e. The second-order valence-electron chi connectivity index (χ2n) is 7.35. The van der Waals surface area contributed by atoms with Gasteiger partial charge in [-0.3, -0.25) is 9.36 Å². The Balaban J connectivity index is 0.00000150. The van der Waals surface area contributed by atoms with E-state index in [0.29, 0.717) is 5.92 Å². The van der Waals surface area contributed by atoms with Crippen LogP contribution in [0.4, 0.5) is 0 Å². The van der Waals surface area contributed by atoms with E-state index in [1.807, 2.05) is 55.3 Å². The summed E-state index contributed by atoms with van der Waals surface area (Å²) in [5.41, 5.74) is 3.71. The smallest absolute Gasteiger partial charge is 0.253 e. The number of benzene rings is 2. The molecule has 0 bridgehead atoms. The zero-order valence-electron chi connectivity index (χ0n) is 16.8. The third-order valence-corrected chi connectivity index (χ3v) is 5.38. The van der Waals surface area contributed by atoms with Crippen LogP contribution in [-0.4, -0.2) is 47.0 Å². The molecule has 0 saturated carbocycles. The number of aromatic nitrogens is 2. The van der Waals surface area contributed by atoms with E-state index in [0.717, 1.165) is 54.2 Å². The van der Waals surface area contributed by atoms with Gasteiger partial charge in [0.1, 0.15) is 5.82 Å². The van der Waals surface area contributed by atoms with Gasteiger partial charge < -0.3 is 10.2 Å². The summed E-state index contributed by atoms with van der Waals surface area (Å²) in [7, 11) is 1.97. The molecule has 5 nitrogen and oxygen atoms in total. The highest BCUT2D eigenvalue weighted by Gasteiger charge is 2.24. The Bertz CT molecular complexity index is 956. The summed E-state index contributed by atoms with van der Waals surface area (Å²) in [6.07, 6.45) is 2.26. The number of rotatable bonds is 4. The fourth-order valence-corrected chi connectivity index (χ4v) is 4.12. The van der Waals surface area contributed by atoms with E-state index in [-0.39, 0.29) is 30.7 Å². The third-order valence-electron chi connectivity index (χ3n) is 5.38. The van der Waals surface area contributed by atoms with Crippen molar-refractivity contribution in [3.8, 4) is 5.69 Å². The standard InChI is InChI=1S/C22H26N4O.2ClH/c1-16-24-20-13-18(22(27)25-12-6-7-17(15-25)14-23-2)10-11-21(20)26(16)19-8-4-3-5-9-19;;/h3-5,8-11,13,17,23H,6-7,12,14-15H2,1-2H3;2*1H. The molecular weight excluding hydrogens is 407 g/mol.